The summed E-state index contributed by atoms with van der Waals surface area (Å²) < 4.78 is 0. The predicted molar refractivity (Wildman–Crippen MR) is 109 cm³/mol. The third kappa shape index (κ3) is 3.55. The number of hydrogen-bond acceptors (Lipinski definition) is 6. The van der Waals surface area contributed by atoms with Crippen LogP contribution < -0.4 is 5.32 Å². The molecule has 1 atom stereocenters. The first-order valence-corrected chi connectivity index (χ1v) is 10.5. The Balaban J connectivity index is 1.58. The summed E-state index contributed by atoms with van der Waals surface area (Å²) in [6, 6.07) is 9.02. The second kappa shape index (κ2) is 7.29. The number of nitrogens with zero attached hydrogens (tertiary/aromatic N) is 3. The predicted octanol–water partition coefficient (Wildman–Crippen LogP) is 4.48. The van der Waals surface area contributed by atoms with Gasteiger partial charge in [0.15, 0.2) is 0 Å². The van der Waals surface area contributed by atoms with Crippen LogP contribution in [0.1, 0.15) is 35.2 Å². The number of carbonyl (C=O) groups is 1. The van der Waals surface area contributed by atoms with Crippen LogP contribution in [0.5, 0.6) is 0 Å². The Morgan fingerprint density at radius 3 is 3.04 bits per heavy atom. The number of fused-ring (bicyclic) bond motifs is 3. The molecule has 1 aromatic carbocycles. The lowest BCUT2D eigenvalue weighted by molar-refractivity contribution is -0.115. The number of benzene rings is 1. The zero-order valence-electron chi connectivity index (χ0n) is 15.1. The minimum absolute atomic E-state index is 0.105. The number of nitriles is 1. The average molecular weight is 395 g/mol. The van der Waals surface area contributed by atoms with Crippen molar-refractivity contribution in [3.63, 3.8) is 0 Å². The molecule has 0 fully saturated rings. The van der Waals surface area contributed by atoms with Crippen molar-refractivity contribution in [2.75, 3.05) is 5.32 Å². The molecule has 4 rings (SSSR count). The number of thiophene rings is 1. The number of thioether (sulfide) groups is 1. The van der Waals surface area contributed by atoms with Crippen molar-refractivity contribution < 1.29 is 4.79 Å². The Morgan fingerprint density at radius 1 is 1.37 bits per heavy atom. The summed E-state index contributed by atoms with van der Waals surface area (Å²) in [7, 11) is 0. The summed E-state index contributed by atoms with van der Waals surface area (Å²) in [6.45, 7) is 3.77. The van der Waals surface area contributed by atoms with Crippen LogP contribution in [0.2, 0.25) is 0 Å². The van der Waals surface area contributed by atoms with Crippen LogP contribution in [0.4, 0.5) is 5.69 Å². The van der Waals surface area contributed by atoms with Crippen LogP contribution in [0.25, 0.3) is 10.2 Å². The fourth-order valence-electron chi connectivity index (χ4n) is 3.28. The van der Waals surface area contributed by atoms with E-state index in [1.54, 1.807) is 35.6 Å². The van der Waals surface area contributed by atoms with Crippen molar-refractivity contribution in [3.05, 3.63) is 46.1 Å². The quantitative estimate of drug-likeness (QED) is 0.521. The highest BCUT2D eigenvalue weighted by Gasteiger charge is 2.24. The maximum Gasteiger partial charge on any atom is 0.237 e. The fourth-order valence-corrected chi connectivity index (χ4v) is 5.68. The lowest BCUT2D eigenvalue weighted by Gasteiger charge is -2.13. The van der Waals surface area contributed by atoms with E-state index in [4.69, 9.17) is 5.26 Å². The van der Waals surface area contributed by atoms with Crippen molar-refractivity contribution in [2.45, 2.75) is 43.4 Å². The molecule has 0 unspecified atom stereocenters. The largest absolute Gasteiger partial charge is 0.325 e. The molecule has 1 aliphatic carbocycles. The molecule has 2 aromatic heterocycles. The minimum atomic E-state index is -0.315. The highest BCUT2D eigenvalue weighted by molar-refractivity contribution is 8.00. The van der Waals surface area contributed by atoms with E-state index >= 15 is 0 Å². The molecule has 2 heterocycles. The van der Waals surface area contributed by atoms with Crippen LogP contribution >= 0.6 is 23.1 Å². The Kier molecular flexibility index (Phi) is 4.85. The van der Waals surface area contributed by atoms with E-state index in [0.717, 1.165) is 33.9 Å². The number of hydrogen-bond donors (Lipinski definition) is 1. The normalized spacial score (nSPS) is 14.0. The van der Waals surface area contributed by atoms with Gasteiger partial charge in [-0.15, -0.1) is 11.3 Å². The molecule has 27 heavy (non-hydrogen) atoms. The number of anilines is 1. The van der Waals surface area contributed by atoms with Gasteiger partial charge in [0.2, 0.25) is 5.91 Å². The maximum atomic E-state index is 12.7. The Morgan fingerprint density at radius 2 is 2.22 bits per heavy atom. The number of aryl methyl sites for hydroxylation is 3. The van der Waals surface area contributed by atoms with Crippen molar-refractivity contribution in [3.8, 4) is 6.07 Å². The highest BCUT2D eigenvalue weighted by Crippen LogP contribution is 2.41. The molecule has 1 N–H and O–H groups in total. The van der Waals surface area contributed by atoms with E-state index in [9.17, 15) is 4.79 Å². The van der Waals surface area contributed by atoms with Gasteiger partial charge < -0.3 is 5.32 Å². The van der Waals surface area contributed by atoms with Crippen molar-refractivity contribution >= 4 is 44.9 Å². The lowest BCUT2D eigenvalue weighted by atomic mass is 10.2. The van der Waals surface area contributed by atoms with E-state index in [1.165, 1.54) is 28.6 Å². The van der Waals surface area contributed by atoms with Crippen LogP contribution in [0, 0.1) is 18.3 Å². The zero-order valence-corrected chi connectivity index (χ0v) is 16.7. The van der Waals surface area contributed by atoms with Crippen LogP contribution in [-0.2, 0) is 17.6 Å². The van der Waals surface area contributed by atoms with Gasteiger partial charge in [0.1, 0.15) is 15.7 Å². The molecule has 7 heteroatoms. The maximum absolute atomic E-state index is 12.7. The van der Waals surface area contributed by atoms with Gasteiger partial charge in [-0.2, -0.15) is 5.26 Å². The molecule has 5 nitrogen and oxygen atoms in total. The number of amides is 1. The van der Waals surface area contributed by atoms with Crippen LogP contribution in [0.15, 0.2) is 29.3 Å². The van der Waals surface area contributed by atoms with E-state index in [-0.39, 0.29) is 11.2 Å². The molecular weight excluding hydrogens is 376 g/mol. The highest BCUT2D eigenvalue weighted by atomic mass is 32.2. The molecule has 3 aromatic rings. The summed E-state index contributed by atoms with van der Waals surface area (Å²) in [6.07, 6.45) is 3.36. The summed E-state index contributed by atoms with van der Waals surface area (Å²) in [5.74, 6) is 0.630. The molecule has 0 saturated carbocycles. The van der Waals surface area contributed by atoms with Crippen molar-refractivity contribution in [1.82, 2.24) is 9.97 Å². The summed E-state index contributed by atoms with van der Waals surface area (Å²) in [4.78, 5) is 24.3. The molecule has 0 spiro atoms. The number of carbonyl (C=O) groups excluding carboxylic acids is 1. The Bertz CT molecular complexity index is 1080. The van der Waals surface area contributed by atoms with E-state index < -0.39 is 0 Å². The number of nitrogens with one attached hydrogen (secondary N) is 1. The van der Waals surface area contributed by atoms with Crippen molar-refractivity contribution in [1.29, 1.82) is 5.26 Å². The Labute approximate surface area is 165 Å². The standard InChI is InChI=1S/C20H18N4OS2/c1-11(18(25)24-14-6-3-5-13(9-14)10-21)26-19-17-15-7-4-8-16(15)27-20(17)23-12(2)22-19/h3,5-6,9,11H,4,7-8H2,1-2H3,(H,24,25)/t11-/m1/s1. The first-order chi connectivity index (χ1) is 13.0. The van der Waals surface area contributed by atoms with Gasteiger partial charge in [-0.05, 0) is 56.9 Å². The zero-order chi connectivity index (χ0) is 19.0. The first kappa shape index (κ1) is 18.0. The number of aromatic nitrogens is 2. The van der Waals surface area contributed by atoms with Gasteiger partial charge in [0.25, 0.3) is 0 Å². The summed E-state index contributed by atoms with van der Waals surface area (Å²) in [5.41, 5.74) is 2.52. The minimum Gasteiger partial charge on any atom is -0.325 e. The average Bonchev–Trinajstić information content (AvgIpc) is 3.22. The van der Waals surface area contributed by atoms with E-state index in [1.807, 2.05) is 13.8 Å². The molecule has 0 bridgehead atoms. The van der Waals surface area contributed by atoms with Gasteiger partial charge in [0.05, 0.1) is 16.9 Å². The first-order valence-electron chi connectivity index (χ1n) is 8.81. The Hall–Kier alpha value is -2.43. The molecule has 0 aliphatic heterocycles. The summed E-state index contributed by atoms with van der Waals surface area (Å²) >= 11 is 3.23. The lowest BCUT2D eigenvalue weighted by Crippen LogP contribution is -2.22. The second-order valence-corrected chi connectivity index (χ2v) is 8.97. The molecule has 0 saturated heterocycles. The fraction of sp³-hybridized carbons (Fsp3) is 0.300. The van der Waals surface area contributed by atoms with Crippen molar-refractivity contribution in [2.24, 2.45) is 0 Å². The summed E-state index contributed by atoms with van der Waals surface area (Å²) in [5, 5.41) is 13.6. The molecule has 1 amide bonds. The monoisotopic (exact) mass is 394 g/mol. The van der Waals surface area contributed by atoms with Crippen LogP contribution in [-0.4, -0.2) is 21.1 Å². The third-order valence-electron chi connectivity index (χ3n) is 4.56. The number of rotatable bonds is 4. The topological polar surface area (TPSA) is 78.7 Å². The van der Waals surface area contributed by atoms with Gasteiger partial charge >= 0.3 is 0 Å². The SMILES string of the molecule is Cc1nc(S[C@H](C)C(=O)Nc2cccc(C#N)c2)c2c3c(sc2n1)CCC3. The van der Waals surface area contributed by atoms with Gasteiger partial charge in [-0.1, -0.05) is 17.8 Å². The second-order valence-electron chi connectivity index (χ2n) is 6.56. The van der Waals surface area contributed by atoms with Crippen LogP contribution in [0.3, 0.4) is 0 Å². The molecule has 0 radical (unpaired) electrons. The van der Waals surface area contributed by atoms with E-state index in [2.05, 4.69) is 21.4 Å². The smallest absolute Gasteiger partial charge is 0.237 e. The van der Waals surface area contributed by atoms with Gasteiger partial charge in [-0.25, -0.2) is 9.97 Å². The third-order valence-corrected chi connectivity index (χ3v) is 6.83. The molecule has 136 valence electrons. The molecule has 1 aliphatic rings. The van der Waals surface area contributed by atoms with Gasteiger partial charge in [0, 0.05) is 16.0 Å². The van der Waals surface area contributed by atoms with Gasteiger partial charge in [-0.3, -0.25) is 4.79 Å². The van der Waals surface area contributed by atoms with E-state index in [0.29, 0.717) is 11.3 Å². The molecular formula is C20H18N4OS2.